The van der Waals surface area contributed by atoms with Crippen molar-refractivity contribution in [2.24, 2.45) is 0 Å². The van der Waals surface area contributed by atoms with Crippen LogP contribution < -0.4 is 15.4 Å². The molecule has 2 aromatic carbocycles. The van der Waals surface area contributed by atoms with Gasteiger partial charge in [-0.3, -0.25) is 9.59 Å². The third-order valence-corrected chi connectivity index (χ3v) is 4.37. The molecule has 1 unspecified atom stereocenters. The van der Waals surface area contributed by atoms with E-state index in [0.29, 0.717) is 10.7 Å². The summed E-state index contributed by atoms with van der Waals surface area (Å²) in [4.78, 5) is 24.9. The standard InChI is InChI=1S/C18H14ClF3N2O3/c1-17(16(26)24-13-8-11(19)6-7-14(13)27-17)15(25)23-9-10-4-2-3-5-12(10)18(20,21)22/h2-8H,9H2,1H3,(H,23,25)(H,24,26). The van der Waals surface area contributed by atoms with Gasteiger partial charge in [-0.25, -0.2) is 0 Å². The number of carbonyl (C=O) groups excluding carboxylic acids is 2. The topological polar surface area (TPSA) is 67.4 Å². The summed E-state index contributed by atoms with van der Waals surface area (Å²) >= 11 is 5.85. The Kier molecular flexibility index (Phi) is 4.77. The van der Waals surface area contributed by atoms with E-state index in [1.165, 1.54) is 43.3 Å². The van der Waals surface area contributed by atoms with E-state index < -0.39 is 35.7 Å². The van der Waals surface area contributed by atoms with Crippen LogP contribution in [0.5, 0.6) is 5.75 Å². The molecule has 3 rings (SSSR count). The van der Waals surface area contributed by atoms with Crippen molar-refractivity contribution in [2.75, 3.05) is 5.32 Å². The second-order valence-corrected chi connectivity index (χ2v) is 6.50. The van der Waals surface area contributed by atoms with E-state index in [-0.39, 0.29) is 11.3 Å². The van der Waals surface area contributed by atoms with Crippen LogP contribution in [0.2, 0.25) is 5.02 Å². The highest BCUT2D eigenvalue weighted by atomic mass is 35.5. The molecule has 0 bridgehead atoms. The van der Waals surface area contributed by atoms with E-state index in [1.807, 2.05) is 0 Å². The van der Waals surface area contributed by atoms with Gasteiger partial charge >= 0.3 is 6.18 Å². The molecular formula is C18H14ClF3N2O3. The molecule has 2 aromatic rings. The second-order valence-electron chi connectivity index (χ2n) is 6.07. The maximum atomic E-state index is 13.1. The van der Waals surface area contributed by atoms with Gasteiger partial charge in [0.1, 0.15) is 5.75 Å². The minimum absolute atomic E-state index is 0.120. The number of alkyl halides is 3. The third-order valence-electron chi connectivity index (χ3n) is 4.13. The van der Waals surface area contributed by atoms with Gasteiger partial charge < -0.3 is 15.4 Å². The molecule has 1 aliphatic rings. The van der Waals surface area contributed by atoms with Crippen LogP contribution >= 0.6 is 11.6 Å². The normalized spacial score (nSPS) is 18.9. The third kappa shape index (κ3) is 3.71. The Morgan fingerprint density at radius 1 is 1.26 bits per heavy atom. The number of nitrogens with one attached hydrogen (secondary N) is 2. The van der Waals surface area contributed by atoms with Crippen LogP contribution in [0.4, 0.5) is 18.9 Å². The molecule has 0 saturated heterocycles. The Hall–Kier alpha value is -2.74. The smallest absolute Gasteiger partial charge is 0.416 e. The average Bonchev–Trinajstić information content (AvgIpc) is 2.60. The first kappa shape index (κ1) is 19.0. The Morgan fingerprint density at radius 2 is 1.96 bits per heavy atom. The summed E-state index contributed by atoms with van der Waals surface area (Å²) in [7, 11) is 0. The number of carbonyl (C=O) groups is 2. The van der Waals surface area contributed by atoms with Gasteiger partial charge in [-0.2, -0.15) is 13.2 Å². The molecule has 0 aromatic heterocycles. The first-order valence-corrected chi connectivity index (χ1v) is 8.22. The molecule has 0 fully saturated rings. The average molecular weight is 399 g/mol. The summed E-state index contributed by atoms with van der Waals surface area (Å²) in [6.45, 7) is 0.832. The van der Waals surface area contributed by atoms with E-state index in [1.54, 1.807) is 0 Å². The maximum Gasteiger partial charge on any atom is 0.416 e. The molecule has 5 nitrogen and oxygen atoms in total. The molecule has 27 heavy (non-hydrogen) atoms. The zero-order valence-electron chi connectivity index (χ0n) is 14.0. The zero-order valence-corrected chi connectivity index (χ0v) is 14.7. The fourth-order valence-corrected chi connectivity index (χ4v) is 2.81. The molecule has 1 aliphatic heterocycles. The molecule has 1 heterocycles. The first-order chi connectivity index (χ1) is 12.6. The highest BCUT2D eigenvalue weighted by molar-refractivity contribution is 6.31. The predicted molar refractivity (Wildman–Crippen MR) is 92.4 cm³/mol. The van der Waals surface area contributed by atoms with Gasteiger partial charge in [0.2, 0.25) is 0 Å². The number of ether oxygens (including phenoxy) is 1. The second kappa shape index (κ2) is 6.77. The number of benzene rings is 2. The van der Waals surface area contributed by atoms with Crippen molar-refractivity contribution in [3.63, 3.8) is 0 Å². The van der Waals surface area contributed by atoms with Crippen LogP contribution in [0.1, 0.15) is 18.1 Å². The maximum absolute atomic E-state index is 13.1. The summed E-state index contributed by atoms with van der Waals surface area (Å²) in [6, 6.07) is 9.35. The fourth-order valence-electron chi connectivity index (χ4n) is 2.64. The molecule has 142 valence electrons. The van der Waals surface area contributed by atoms with Gasteiger partial charge in [0.05, 0.1) is 11.3 Å². The summed E-state index contributed by atoms with van der Waals surface area (Å²) in [6.07, 6.45) is -4.55. The van der Waals surface area contributed by atoms with Crippen LogP contribution in [0, 0.1) is 0 Å². The van der Waals surface area contributed by atoms with Crippen LogP contribution in [-0.4, -0.2) is 17.4 Å². The zero-order chi connectivity index (χ0) is 19.8. The monoisotopic (exact) mass is 398 g/mol. The molecule has 0 saturated carbocycles. The van der Waals surface area contributed by atoms with Crippen molar-refractivity contribution in [3.8, 4) is 5.75 Å². The summed E-state index contributed by atoms with van der Waals surface area (Å²) in [5.74, 6) is -1.39. The van der Waals surface area contributed by atoms with Gasteiger partial charge in [0.15, 0.2) is 0 Å². The lowest BCUT2D eigenvalue weighted by atomic mass is 10.0. The Bertz CT molecular complexity index is 917. The first-order valence-electron chi connectivity index (χ1n) is 7.84. The summed E-state index contributed by atoms with van der Waals surface area (Å²) in [5, 5.41) is 5.23. The molecular weight excluding hydrogens is 385 g/mol. The van der Waals surface area contributed by atoms with Crippen molar-refractivity contribution < 1.29 is 27.5 Å². The number of anilines is 1. The lowest BCUT2D eigenvalue weighted by Crippen LogP contribution is -2.58. The number of fused-ring (bicyclic) bond motifs is 1. The van der Waals surface area contributed by atoms with E-state index in [9.17, 15) is 22.8 Å². The molecule has 2 amide bonds. The highest BCUT2D eigenvalue weighted by Gasteiger charge is 2.47. The van der Waals surface area contributed by atoms with Crippen molar-refractivity contribution >= 4 is 29.1 Å². The van der Waals surface area contributed by atoms with Gasteiger partial charge in [-0.15, -0.1) is 0 Å². The van der Waals surface area contributed by atoms with Gasteiger partial charge in [0.25, 0.3) is 17.4 Å². The van der Waals surface area contributed by atoms with Crippen molar-refractivity contribution in [3.05, 3.63) is 58.6 Å². The van der Waals surface area contributed by atoms with Crippen LogP contribution in [0.15, 0.2) is 42.5 Å². The predicted octanol–water partition coefficient (Wildman–Crippen LogP) is 3.76. The van der Waals surface area contributed by atoms with E-state index in [4.69, 9.17) is 16.3 Å². The van der Waals surface area contributed by atoms with Gasteiger partial charge in [-0.1, -0.05) is 29.8 Å². The van der Waals surface area contributed by atoms with Crippen LogP contribution in [-0.2, 0) is 22.3 Å². The lowest BCUT2D eigenvalue weighted by Gasteiger charge is -2.33. The van der Waals surface area contributed by atoms with Gasteiger partial charge in [0, 0.05) is 11.6 Å². The number of hydrogen-bond acceptors (Lipinski definition) is 3. The minimum Gasteiger partial charge on any atom is -0.466 e. The van der Waals surface area contributed by atoms with Crippen molar-refractivity contribution in [1.82, 2.24) is 5.32 Å². The minimum atomic E-state index is -4.55. The molecule has 0 spiro atoms. The lowest BCUT2D eigenvalue weighted by molar-refractivity contribution is -0.147. The SMILES string of the molecule is CC1(C(=O)NCc2ccccc2C(F)(F)F)Oc2ccc(Cl)cc2NC1=O. The quantitative estimate of drug-likeness (QED) is 0.773. The molecule has 0 radical (unpaired) electrons. The Balaban J connectivity index is 1.79. The molecule has 9 heteroatoms. The van der Waals surface area contributed by atoms with E-state index >= 15 is 0 Å². The van der Waals surface area contributed by atoms with Crippen LogP contribution in [0.25, 0.3) is 0 Å². The number of amides is 2. The Labute approximate surface area is 157 Å². The fraction of sp³-hybridized carbons (Fsp3) is 0.222. The molecule has 0 aliphatic carbocycles. The Morgan fingerprint density at radius 3 is 2.67 bits per heavy atom. The summed E-state index contributed by atoms with van der Waals surface area (Å²) in [5.41, 5.74) is -2.61. The number of hydrogen-bond donors (Lipinski definition) is 2. The summed E-state index contributed by atoms with van der Waals surface area (Å²) < 4.78 is 44.7. The largest absolute Gasteiger partial charge is 0.466 e. The molecule has 2 N–H and O–H groups in total. The van der Waals surface area contributed by atoms with Crippen LogP contribution in [0.3, 0.4) is 0 Å². The van der Waals surface area contributed by atoms with Crippen molar-refractivity contribution in [2.45, 2.75) is 25.2 Å². The number of halogens is 4. The highest BCUT2D eigenvalue weighted by Crippen LogP contribution is 2.36. The van der Waals surface area contributed by atoms with E-state index in [0.717, 1.165) is 6.07 Å². The van der Waals surface area contributed by atoms with Crippen molar-refractivity contribution in [1.29, 1.82) is 0 Å². The van der Waals surface area contributed by atoms with E-state index in [2.05, 4.69) is 10.6 Å². The van der Waals surface area contributed by atoms with Gasteiger partial charge in [-0.05, 0) is 36.8 Å². The number of rotatable bonds is 3. The molecule has 1 atom stereocenters.